The third kappa shape index (κ3) is 3.09. The van der Waals surface area contributed by atoms with Gasteiger partial charge in [0, 0.05) is 23.6 Å². The highest BCUT2D eigenvalue weighted by Crippen LogP contribution is 2.40. The Bertz CT molecular complexity index is 624. The van der Waals surface area contributed by atoms with Crippen molar-refractivity contribution in [2.75, 3.05) is 13.1 Å². The second-order valence-corrected chi connectivity index (χ2v) is 5.84. The number of hydrogen-bond donors (Lipinski definition) is 1. The summed E-state index contributed by atoms with van der Waals surface area (Å²) in [5, 5.41) is 4.05. The zero-order valence-electron chi connectivity index (χ0n) is 11.5. The Labute approximate surface area is 127 Å². The molecular formula is C17H16ClF2N. The zero-order valence-corrected chi connectivity index (χ0v) is 12.2. The average Bonchev–Trinajstić information content (AvgIpc) is 2.47. The van der Waals surface area contributed by atoms with Crippen LogP contribution in [0.25, 0.3) is 0 Å². The largest absolute Gasteiger partial charge is 0.316 e. The van der Waals surface area contributed by atoms with E-state index >= 15 is 0 Å². The van der Waals surface area contributed by atoms with Gasteiger partial charge in [-0.2, -0.15) is 0 Å². The van der Waals surface area contributed by atoms with Crippen molar-refractivity contribution in [3.8, 4) is 0 Å². The molecule has 0 spiro atoms. The third-order valence-corrected chi connectivity index (χ3v) is 4.44. The van der Waals surface area contributed by atoms with Gasteiger partial charge in [-0.1, -0.05) is 29.8 Å². The van der Waals surface area contributed by atoms with Crippen molar-refractivity contribution in [1.82, 2.24) is 5.32 Å². The molecule has 1 fully saturated rings. The van der Waals surface area contributed by atoms with Crippen molar-refractivity contribution in [3.05, 3.63) is 70.2 Å². The summed E-state index contributed by atoms with van der Waals surface area (Å²) < 4.78 is 27.0. The van der Waals surface area contributed by atoms with Crippen LogP contribution >= 0.6 is 11.6 Å². The Morgan fingerprint density at radius 3 is 2.43 bits per heavy atom. The van der Waals surface area contributed by atoms with Gasteiger partial charge in [0.05, 0.1) is 0 Å². The Morgan fingerprint density at radius 2 is 1.71 bits per heavy atom. The van der Waals surface area contributed by atoms with E-state index in [-0.39, 0.29) is 11.8 Å². The van der Waals surface area contributed by atoms with Crippen molar-refractivity contribution >= 4 is 11.6 Å². The quantitative estimate of drug-likeness (QED) is 0.862. The monoisotopic (exact) mass is 307 g/mol. The van der Waals surface area contributed by atoms with Gasteiger partial charge in [-0.05, 0) is 48.2 Å². The van der Waals surface area contributed by atoms with Crippen LogP contribution in [0.5, 0.6) is 0 Å². The maximum Gasteiger partial charge on any atom is 0.126 e. The SMILES string of the molecule is Fc1cc(F)cc(C2CCNCC2c2ccccc2Cl)c1. The predicted molar refractivity (Wildman–Crippen MR) is 80.8 cm³/mol. The maximum atomic E-state index is 13.5. The second-order valence-electron chi connectivity index (χ2n) is 5.43. The van der Waals surface area contributed by atoms with Gasteiger partial charge in [0.1, 0.15) is 11.6 Å². The fourth-order valence-corrected chi connectivity index (χ4v) is 3.43. The van der Waals surface area contributed by atoms with Gasteiger partial charge < -0.3 is 5.32 Å². The molecule has 1 N–H and O–H groups in total. The van der Waals surface area contributed by atoms with Crippen molar-refractivity contribution in [2.24, 2.45) is 0 Å². The van der Waals surface area contributed by atoms with E-state index in [1.807, 2.05) is 24.3 Å². The zero-order chi connectivity index (χ0) is 14.8. The first-order valence-electron chi connectivity index (χ1n) is 7.06. The normalized spacial score (nSPS) is 22.2. The maximum absolute atomic E-state index is 13.5. The summed E-state index contributed by atoms with van der Waals surface area (Å²) >= 11 is 6.30. The molecule has 0 saturated carbocycles. The summed E-state index contributed by atoms with van der Waals surface area (Å²) in [7, 11) is 0. The van der Waals surface area contributed by atoms with E-state index in [1.165, 1.54) is 12.1 Å². The first-order chi connectivity index (χ1) is 10.1. The number of piperidine rings is 1. The molecular weight excluding hydrogens is 292 g/mol. The van der Waals surface area contributed by atoms with Crippen LogP contribution in [0.4, 0.5) is 8.78 Å². The van der Waals surface area contributed by atoms with E-state index < -0.39 is 11.6 Å². The lowest BCUT2D eigenvalue weighted by atomic mass is 9.77. The first-order valence-corrected chi connectivity index (χ1v) is 7.44. The summed E-state index contributed by atoms with van der Waals surface area (Å²) in [6.07, 6.45) is 0.832. The van der Waals surface area contributed by atoms with E-state index in [9.17, 15) is 8.78 Å². The van der Waals surface area contributed by atoms with E-state index in [0.29, 0.717) is 10.6 Å². The van der Waals surface area contributed by atoms with Crippen LogP contribution in [-0.4, -0.2) is 13.1 Å². The van der Waals surface area contributed by atoms with E-state index in [4.69, 9.17) is 11.6 Å². The minimum atomic E-state index is -0.526. The van der Waals surface area contributed by atoms with Crippen LogP contribution in [0.1, 0.15) is 29.4 Å². The third-order valence-electron chi connectivity index (χ3n) is 4.10. The molecule has 21 heavy (non-hydrogen) atoms. The van der Waals surface area contributed by atoms with Gasteiger partial charge in [0.25, 0.3) is 0 Å². The van der Waals surface area contributed by atoms with Crippen LogP contribution in [0.3, 0.4) is 0 Å². The fraction of sp³-hybridized carbons (Fsp3) is 0.294. The highest BCUT2D eigenvalue weighted by atomic mass is 35.5. The smallest absolute Gasteiger partial charge is 0.126 e. The molecule has 2 unspecified atom stereocenters. The summed E-state index contributed by atoms with van der Waals surface area (Å²) in [5.41, 5.74) is 1.74. The lowest BCUT2D eigenvalue weighted by molar-refractivity contribution is 0.401. The molecule has 0 aliphatic carbocycles. The summed E-state index contributed by atoms with van der Waals surface area (Å²) in [4.78, 5) is 0. The minimum Gasteiger partial charge on any atom is -0.316 e. The van der Waals surface area contributed by atoms with Gasteiger partial charge in [-0.15, -0.1) is 0 Å². The van der Waals surface area contributed by atoms with E-state index in [2.05, 4.69) is 5.32 Å². The highest BCUT2D eigenvalue weighted by Gasteiger charge is 2.29. The molecule has 3 rings (SSSR count). The number of benzene rings is 2. The first kappa shape index (κ1) is 14.5. The highest BCUT2D eigenvalue weighted by molar-refractivity contribution is 6.31. The Balaban J connectivity index is 2.00. The van der Waals surface area contributed by atoms with Gasteiger partial charge in [0.15, 0.2) is 0 Å². The molecule has 0 bridgehead atoms. The molecule has 110 valence electrons. The summed E-state index contributed by atoms with van der Waals surface area (Å²) in [6, 6.07) is 11.5. The molecule has 1 heterocycles. The molecule has 2 aromatic carbocycles. The van der Waals surface area contributed by atoms with Crippen LogP contribution < -0.4 is 5.32 Å². The average molecular weight is 308 g/mol. The van der Waals surface area contributed by atoms with Crippen LogP contribution in [-0.2, 0) is 0 Å². The standard InChI is InChI=1S/C17H16ClF2N/c18-17-4-2-1-3-15(17)16-10-21-6-5-14(16)11-7-12(19)9-13(20)8-11/h1-4,7-9,14,16,21H,5-6,10H2. The molecule has 4 heteroatoms. The van der Waals surface area contributed by atoms with E-state index in [1.54, 1.807) is 0 Å². The second kappa shape index (κ2) is 6.12. The lowest BCUT2D eigenvalue weighted by Crippen LogP contribution is -2.34. The Morgan fingerprint density at radius 1 is 1.00 bits per heavy atom. The number of halogens is 3. The Hall–Kier alpha value is -1.45. The lowest BCUT2D eigenvalue weighted by Gasteiger charge is -2.33. The van der Waals surface area contributed by atoms with Crippen LogP contribution in [0.2, 0.25) is 5.02 Å². The molecule has 1 saturated heterocycles. The number of hydrogen-bond acceptors (Lipinski definition) is 1. The molecule has 1 aliphatic heterocycles. The van der Waals surface area contributed by atoms with Crippen molar-refractivity contribution < 1.29 is 8.78 Å². The molecule has 1 nitrogen and oxygen atoms in total. The van der Waals surface area contributed by atoms with Crippen molar-refractivity contribution in [2.45, 2.75) is 18.3 Å². The molecule has 1 aliphatic rings. The predicted octanol–water partition coefficient (Wildman–Crippen LogP) is 4.48. The minimum absolute atomic E-state index is 0.0661. The van der Waals surface area contributed by atoms with Gasteiger partial charge in [-0.25, -0.2) is 8.78 Å². The summed E-state index contributed by atoms with van der Waals surface area (Å²) in [5.74, 6) is -0.868. The van der Waals surface area contributed by atoms with Gasteiger partial charge in [-0.3, -0.25) is 0 Å². The molecule has 0 radical (unpaired) electrons. The van der Waals surface area contributed by atoms with Crippen LogP contribution in [0, 0.1) is 11.6 Å². The number of nitrogens with one attached hydrogen (secondary N) is 1. The van der Waals surface area contributed by atoms with Crippen molar-refractivity contribution in [3.63, 3.8) is 0 Å². The number of rotatable bonds is 2. The Kier molecular flexibility index (Phi) is 4.22. The fourth-order valence-electron chi connectivity index (χ4n) is 3.15. The molecule has 0 amide bonds. The van der Waals surface area contributed by atoms with Gasteiger partial charge >= 0.3 is 0 Å². The van der Waals surface area contributed by atoms with Gasteiger partial charge in [0.2, 0.25) is 0 Å². The summed E-state index contributed by atoms with van der Waals surface area (Å²) in [6.45, 7) is 1.59. The molecule has 2 aromatic rings. The van der Waals surface area contributed by atoms with Crippen molar-refractivity contribution in [1.29, 1.82) is 0 Å². The molecule has 2 atom stereocenters. The van der Waals surface area contributed by atoms with E-state index in [0.717, 1.165) is 31.1 Å². The topological polar surface area (TPSA) is 12.0 Å². The van der Waals surface area contributed by atoms with Crippen LogP contribution in [0.15, 0.2) is 42.5 Å². The molecule has 0 aromatic heterocycles.